The fraction of sp³-hybridized carbons (Fsp3) is 0.100. The molecular formula is C10H6BrF2NOS. The highest BCUT2D eigenvalue weighted by Gasteiger charge is 2.36. The van der Waals surface area contributed by atoms with Crippen molar-refractivity contribution >= 4 is 27.3 Å². The van der Waals surface area contributed by atoms with E-state index in [9.17, 15) is 8.78 Å². The van der Waals surface area contributed by atoms with Crippen molar-refractivity contribution in [3.8, 4) is 5.75 Å². The van der Waals surface area contributed by atoms with E-state index in [2.05, 4.69) is 25.7 Å². The molecule has 1 aromatic heterocycles. The number of thiazole rings is 1. The molecule has 0 aliphatic heterocycles. The van der Waals surface area contributed by atoms with E-state index in [1.54, 1.807) is 18.2 Å². The van der Waals surface area contributed by atoms with Crippen molar-refractivity contribution in [2.75, 3.05) is 0 Å². The van der Waals surface area contributed by atoms with Gasteiger partial charge in [0.1, 0.15) is 10.6 Å². The third kappa shape index (κ3) is 2.56. The molecule has 0 aliphatic rings. The molecule has 1 heterocycles. The summed E-state index contributed by atoms with van der Waals surface area (Å²) in [5, 5.41) is 0. The fourth-order valence-corrected chi connectivity index (χ4v) is 2.25. The number of hydrogen-bond acceptors (Lipinski definition) is 3. The molecule has 16 heavy (non-hydrogen) atoms. The molecule has 0 radical (unpaired) electrons. The maximum atomic E-state index is 13.6. The number of benzene rings is 1. The maximum absolute atomic E-state index is 13.6. The van der Waals surface area contributed by atoms with Crippen LogP contribution in [0.2, 0.25) is 0 Å². The molecule has 84 valence electrons. The van der Waals surface area contributed by atoms with Crippen LogP contribution in [0.5, 0.6) is 5.75 Å². The highest BCUT2D eigenvalue weighted by molar-refractivity contribution is 9.11. The monoisotopic (exact) mass is 305 g/mol. The molecule has 0 amide bonds. The minimum absolute atomic E-state index is 0.122. The Morgan fingerprint density at radius 1 is 1.25 bits per heavy atom. The highest BCUT2D eigenvalue weighted by Crippen LogP contribution is 2.35. The van der Waals surface area contributed by atoms with Crippen molar-refractivity contribution < 1.29 is 13.5 Å². The van der Waals surface area contributed by atoms with Gasteiger partial charge in [-0.05, 0) is 28.1 Å². The number of para-hydroxylation sites is 1. The molecule has 2 rings (SSSR count). The lowest BCUT2D eigenvalue weighted by atomic mass is 10.3. The van der Waals surface area contributed by atoms with Crippen LogP contribution in [-0.4, -0.2) is 4.98 Å². The Balaban J connectivity index is 2.20. The number of halogens is 3. The Bertz CT molecular complexity index is 475. The van der Waals surface area contributed by atoms with Crippen LogP contribution in [0.4, 0.5) is 8.78 Å². The SMILES string of the molecule is FC(F)(Oc1ccccc1)c1cnc(Br)s1. The van der Waals surface area contributed by atoms with E-state index < -0.39 is 6.11 Å². The van der Waals surface area contributed by atoms with Crippen molar-refractivity contribution in [2.45, 2.75) is 6.11 Å². The van der Waals surface area contributed by atoms with Gasteiger partial charge < -0.3 is 4.74 Å². The molecule has 1 aromatic carbocycles. The van der Waals surface area contributed by atoms with Gasteiger partial charge in [-0.15, -0.1) is 11.3 Å². The summed E-state index contributed by atoms with van der Waals surface area (Å²) >= 11 is 3.87. The molecule has 0 bridgehead atoms. The van der Waals surface area contributed by atoms with E-state index in [0.29, 0.717) is 3.92 Å². The minimum Gasteiger partial charge on any atom is -0.428 e. The van der Waals surface area contributed by atoms with Crippen molar-refractivity contribution in [1.82, 2.24) is 4.98 Å². The Kier molecular flexibility index (Phi) is 3.20. The average Bonchev–Trinajstić information content (AvgIpc) is 2.66. The number of rotatable bonds is 3. The quantitative estimate of drug-likeness (QED) is 0.854. The van der Waals surface area contributed by atoms with Gasteiger partial charge in [-0.2, -0.15) is 8.78 Å². The second-order valence-corrected chi connectivity index (χ2v) is 5.22. The van der Waals surface area contributed by atoms with Crippen LogP contribution in [0.15, 0.2) is 40.4 Å². The molecule has 0 saturated heterocycles. The summed E-state index contributed by atoms with van der Waals surface area (Å²) in [6.07, 6.45) is -2.26. The normalized spacial score (nSPS) is 11.4. The summed E-state index contributed by atoms with van der Waals surface area (Å²) in [5.74, 6) is 0.122. The third-order valence-corrected chi connectivity index (χ3v) is 3.28. The Hall–Kier alpha value is -1.01. The van der Waals surface area contributed by atoms with Crippen LogP contribution in [0.1, 0.15) is 4.88 Å². The summed E-state index contributed by atoms with van der Waals surface area (Å²) in [4.78, 5) is 3.47. The van der Waals surface area contributed by atoms with Crippen LogP contribution < -0.4 is 4.74 Å². The number of aromatic nitrogens is 1. The Morgan fingerprint density at radius 2 is 1.94 bits per heavy atom. The van der Waals surface area contributed by atoms with Crippen molar-refractivity contribution in [2.24, 2.45) is 0 Å². The second kappa shape index (κ2) is 4.47. The molecule has 0 atom stereocenters. The molecule has 0 saturated carbocycles. The molecule has 0 unspecified atom stereocenters. The van der Waals surface area contributed by atoms with E-state index in [1.807, 2.05) is 0 Å². The number of nitrogens with zero attached hydrogens (tertiary/aromatic N) is 1. The lowest BCUT2D eigenvalue weighted by molar-refractivity contribution is -0.182. The Morgan fingerprint density at radius 3 is 2.50 bits per heavy atom. The van der Waals surface area contributed by atoms with Gasteiger partial charge in [-0.1, -0.05) is 18.2 Å². The maximum Gasteiger partial charge on any atom is 0.437 e. The third-order valence-electron chi connectivity index (χ3n) is 1.75. The van der Waals surface area contributed by atoms with Crippen LogP contribution in [0, 0.1) is 0 Å². The van der Waals surface area contributed by atoms with E-state index in [-0.39, 0.29) is 10.6 Å². The van der Waals surface area contributed by atoms with Crippen LogP contribution in [0.3, 0.4) is 0 Å². The first kappa shape index (κ1) is 11.5. The fourth-order valence-electron chi connectivity index (χ4n) is 1.07. The Labute approximate surface area is 103 Å². The smallest absolute Gasteiger partial charge is 0.428 e. The van der Waals surface area contributed by atoms with E-state index >= 15 is 0 Å². The van der Waals surface area contributed by atoms with Gasteiger partial charge in [0, 0.05) is 0 Å². The first-order chi connectivity index (χ1) is 7.58. The summed E-state index contributed by atoms with van der Waals surface area (Å²) in [6, 6.07) is 7.95. The molecule has 6 heteroatoms. The van der Waals surface area contributed by atoms with Gasteiger partial charge >= 0.3 is 6.11 Å². The summed E-state index contributed by atoms with van der Waals surface area (Å²) in [5.41, 5.74) is 0. The van der Waals surface area contributed by atoms with Gasteiger partial charge in [0.2, 0.25) is 0 Å². The molecule has 0 aliphatic carbocycles. The van der Waals surface area contributed by atoms with Crippen molar-refractivity contribution in [3.05, 3.63) is 45.3 Å². The molecule has 2 nitrogen and oxygen atoms in total. The predicted molar refractivity (Wildman–Crippen MR) is 60.8 cm³/mol. The van der Waals surface area contributed by atoms with Gasteiger partial charge in [0.15, 0.2) is 3.92 Å². The zero-order chi connectivity index (χ0) is 11.6. The van der Waals surface area contributed by atoms with Crippen LogP contribution >= 0.6 is 27.3 Å². The van der Waals surface area contributed by atoms with Gasteiger partial charge in [0.25, 0.3) is 0 Å². The summed E-state index contributed by atoms with van der Waals surface area (Å²) in [7, 11) is 0. The van der Waals surface area contributed by atoms with Gasteiger partial charge in [-0.25, -0.2) is 4.98 Å². The molecule has 0 spiro atoms. The second-order valence-electron chi connectivity index (χ2n) is 2.91. The average molecular weight is 306 g/mol. The van der Waals surface area contributed by atoms with Crippen molar-refractivity contribution in [1.29, 1.82) is 0 Å². The van der Waals surface area contributed by atoms with E-state index in [4.69, 9.17) is 0 Å². The van der Waals surface area contributed by atoms with Gasteiger partial charge in [0.05, 0.1) is 6.20 Å². The minimum atomic E-state index is -3.36. The summed E-state index contributed by atoms with van der Waals surface area (Å²) in [6.45, 7) is 0. The van der Waals surface area contributed by atoms with E-state index in [1.165, 1.54) is 12.1 Å². The summed E-state index contributed by atoms with van der Waals surface area (Å²) < 4.78 is 32.2. The van der Waals surface area contributed by atoms with Crippen LogP contribution in [-0.2, 0) is 6.11 Å². The molecular weight excluding hydrogens is 300 g/mol. The zero-order valence-corrected chi connectivity index (χ0v) is 10.3. The topological polar surface area (TPSA) is 22.1 Å². The largest absolute Gasteiger partial charge is 0.437 e. The van der Waals surface area contributed by atoms with Crippen molar-refractivity contribution in [3.63, 3.8) is 0 Å². The first-order valence-electron chi connectivity index (χ1n) is 4.31. The standard InChI is InChI=1S/C10H6BrF2NOS/c11-9-14-6-8(16-9)10(12,13)15-7-4-2-1-3-5-7/h1-6H. The zero-order valence-electron chi connectivity index (χ0n) is 7.86. The van der Waals surface area contributed by atoms with E-state index in [0.717, 1.165) is 17.5 Å². The number of ether oxygens (including phenoxy) is 1. The molecule has 2 aromatic rings. The highest BCUT2D eigenvalue weighted by atomic mass is 79.9. The molecule has 0 N–H and O–H groups in total. The molecule has 0 fully saturated rings. The lowest BCUT2D eigenvalue weighted by Crippen LogP contribution is -2.20. The number of alkyl halides is 2. The first-order valence-corrected chi connectivity index (χ1v) is 5.92. The number of hydrogen-bond donors (Lipinski definition) is 0. The lowest BCUT2D eigenvalue weighted by Gasteiger charge is -2.15. The van der Waals surface area contributed by atoms with Gasteiger partial charge in [-0.3, -0.25) is 0 Å². The van der Waals surface area contributed by atoms with Crippen LogP contribution in [0.25, 0.3) is 0 Å². The predicted octanol–water partition coefficient (Wildman–Crippen LogP) is 4.03.